The molecule has 0 radical (unpaired) electrons. The highest BCUT2D eigenvalue weighted by atomic mass is 32.1. The molecule has 0 aliphatic heterocycles. The van der Waals surface area contributed by atoms with E-state index in [9.17, 15) is 4.79 Å². The Kier molecular flexibility index (Phi) is 4.51. The van der Waals surface area contributed by atoms with Crippen molar-refractivity contribution in [3.8, 4) is 0 Å². The molecule has 6 nitrogen and oxygen atoms in total. The second-order valence-electron chi connectivity index (χ2n) is 4.54. The molecule has 1 atom stereocenters. The minimum atomic E-state index is -0.193. The molecule has 2 N–H and O–H groups in total. The van der Waals surface area contributed by atoms with E-state index in [1.54, 1.807) is 11.0 Å². The van der Waals surface area contributed by atoms with Crippen molar-refractivity contribution >= 4 is 22.4 Å². The second kappa shape index (κ2) is 6.33. The Morgan fingerprint density at radius 3 is 2.95 bits per heavy atom. The lowest BCUT2D eigenvalue weighted by Crippen LogP contribution is -2.43. The number of nitrogens with one attached hydrogen (secondary N) is 2. The van der Waals surface area contributed by atoms with Gasteiger partial charge in [0.25, 0.3) is 0 Å². The molecule has 1 unspecified atom stereocenters. The molecule has 0 saturated heterocycles. The molecule has 0 aliphatic carbocycles. The summed E-state index contributed by atoms with van der Waals surface area (Å²) in [6, 6.07) is 3.57. The zero-order chi connectivity index (χ0) is 13.7. The summed E-state index contributed by atoms with van der Waals surface area (Å²) in [4.78, 5) is 15.8. The number of rotatable bonds is 5. The van der Waals surface area contributed by atoms with Gasteiger partial charge in [-0.2, -0.15) is 5.10 Å². The van der Waals surface area contributed by atoms with E-state index in [4.69, 9.17) is 0 Å². The number of carbonyl (C=O) groups is 1. The van der Waals surface area contributed by atoms with Gasteiger partial charge in [-0.25, -0.2) is 9.78 Å². The van der Waals surface area contributed by atoms with Gasteiger partial charge in [0.1, 0.15) is 12.7 Å². The number of carbonyl (C=O) groups excluding carboxylic acids is 1. The van der Waals surface area contributed by atoms with Crippen molar-refractivity contribution in [2.75, 3.05) is 5.32 Å². The topological polar surface area (TPSA) is 71.8 Å². The van der Waals surface area contributed by atoms with E-state index < -0.39 is 0 Å². The van der Waals surface area contributed by atoms with Gasteiger partial charge >= 0.3 is 6.03 Å². The van der Waals surface area contributed by atoms with Crippen LogP contribution in [-0.2, 0) is 6.54 Å². The molecule has 102 valence electrons. The Morgan fingerprint density at radius 1 is 1.53 bits per heavy atom. The number of hydrogen-bond acceptors (Lipinski definition) is 4. The van der Waals surface area contributed by atoms with Gasteiger partial charge in [0, 0.05) is 0 Å². The first kappa shape index (κ1) is 13.5. The summed E-state index contributed by atoms with van der Waals surface area (Å²) >= 11 is 1.49. The first-order valence-corrected chi connectivity index (χ1v) is 6.96. The number of aromatic nitrogens is 3. The average molecular weight is 279 g/mol. The highest BCUT2D eigenvalue weighted by Gasteiger charge is 2.17. The van der Waals surface area contributed by atoms with E-state index in [2.05, 4.69) is 34.6 Å². The summed E-state index contributed by atoms with van der Waals surface area (Å²) < 4.78 is 1.72. The van der Waals surface area contributed by atoms with Crippen LogP contribution in [0, 0.1) is 5.92 Å². The fraction of sp³-hybridized carbons (Fsp3) is 0.417. The monoisotopic (exact) mass is 279 g/mol. The minimum absolute atomic E-state index is 0.00154. The molecule has 0 aliphatic rings. The minimum Gasteiger partial charge on any atom is -0.333 e. The number of urea groups is 1. The molecule has 0 spiro atoms. The lowest BCUT2D eigenvalue weighted by molar-refractivity contribution is 0.241. The summed E-state index contributed by atoms with van der Waals surface area (Å²) in [5, 5.41) is 12.6. The zero-order valence-electron chi connectivity index (χ0n) is 10.9. The molecule has 0 saturated carbocycles. The fourth-order valence-electron chi connectivity index (χ4n) is 1.62. The quantitative estimate of drug-likeness (QED) is 0.881. The maximum absolute atomic E-state index is 11.9. The van der Waals surface area contributed by atoms with Gasteiger partial charge in [-0.3, -0.25) is 10.00 Å². The van der Waals surface area contributed by atoms with E-state index in [1.807, 2.05) is 17.5 Å². The van der Waals surface area contributed by atoms with Crippen molar-refractivity contribution in [1.29, 1.82) is 0 Å². The molecule has 2 heterocycles. The van der Waals surface area contributed by atoms with Crippen LogP contribution in [0.25, 0.3) is 0 Å². The van der Waals surface area contributed by atoms with Crippen molar-refractivity contribution < 1.29 is 4.79 Å². The molecule has 2 aromatic rings. The van der Waals surface area contributed by atoms with Crippen LogP contribution in [0.1, 0.15) is 13.8 Å². The maximum atomic E-state index is 11.9. The number of hydrogen-bond donors (Lipinski definition) is 2. The summed E-state index contributed by atoms with van der Waals surface area (Å²) in [5.74, 6) is 0.304. The Labute approximate surface area is 115 Å². The van der Waals surface area contributed by atoms with Gasteiger partial charge in [-0.05, 0) is 23.4 Å². The normalized spacial score (nSPS) is 12.4. The average Bonchev–Trinajstić information content (AvgIpc) is 3.00. The third kappa shape index (κ3) is 4.06. The van der Waals surface area contributed by atoms with E-state index >= 15 is 0 Å². The predicted octanol–water partition coefficient (Wildman–Crippen LogP) is 2.19. The lowest BCUT2D eigenvalue weighted by atomic mass is 10.1. The SMILES string of the molecule is CC(C)C(Cn1cncn1)NC(=O)Nc1cccs1. The van der Waals surface area contributed by atoms with Crippen LogP contribution in [0.2, 0.25) is 0 Å². The summed E-state index contributed by atoms with van der Waals surface area (Å²) in [6.45, 7) is 4.73. The number of amides is 2. The van der Waals surface area contributed by atoms with Gasteiger partial charge in [0.2, 0.25) is 0 Å². The third-order valence-electron chi connectivity index (χ3n) is 2.73. The van der Waals surface area contributed by atoms with Crippen LogP contribution < -0.4 is 10.6 Å². The van der Waals surface area contributed by atoms with E-state index in [0.29, 0.717) is 12.5 Å². The largest absolute Gasteiger partial charge is 0.333 e. The molecule has 2 amide bonds. The number of thiophene rings is 1. The Balaban J connectivity index is 1.91. The number of anilines is 1. The van der Waals surface area contributed by atoms with Crippen LogP contribution in [0.15, 0.2) is 30.2 Å². The standard InChI is InChI=1S/C12H17N5OS/c1-9(2)10(6-17-8-13-7-14-17)15-12(18)16-11-4-3-5-19-11/h3-5,7-10H,6H2,1-2H3,(H2,15,16,18). The Morgan fingerprint density at radius 2 is 2.37 bits per heavy atom. The van der Waals surface area contributed by atoms with Crippen LogP contribution in [0.4, 0.5) is 9.80 Å². The highest BCUT2D eigenvalue weighted by molar-refractivity contribution is 7.14. The van der Waals surface area contributed by atoms with E-state index in [-0.39, 0.29) is 12.1 Å². The van der Waals surface area contributed by atoms with Crippen LogP contribution in [-0.4, -0.2) is 26.8 Å². The maximum Gasteiger partial charge on any atom is 0.320 e. The zero-order valence-corrected chi connectivity index (χ0v) is 11.7. The smallest absolute Gasteiger partial charge is 0.320 e. The third-order valence-corrected chi connectivity index (χ3v) is 3.51. The molecule has 2 rings (SSSR count). The summed E-state index contributed by atoms with van der Waals surface area (Å²) in [5.41, 5.74) is 0. The van der Waals surface area contributed by atoms with Crippen LogP contribution in [0.3, 0.4) is 0 Å². The van der Waals surface area contributed by atoms with Crippen LogP contribution >= 0.6 is 11.3 Å². The van der Waals surface area contributed by atoms with Crippen molar-refractivity contribution in [3.05, 3.63) is 30.2 Å². The molecule has 0 aromatic carbocycles. The molecular weight excluding hydrogens is 262 g/mol. The van der Waals surface area contributed by atoms with Crippen LogP contribution in [0.5, 0.6) is 0 Å². The Hall–Kier alpha value is -1.89. The second-order valence-corrected chi connectivity index (χ2v) is 5.49. The van der Waals surface area contributed by atoms with Crippen molar-refractivity contribution in [1.82, 2.24) is 20.1 Å². The first-order chi connectivity index (χ1) is 9.15. The Bertz CT molecular complexity index is 494. The van der Waals surface area contributed by atoms with Crippen molar-refractivity contribution in [3.63, 3.8) is 0 Å². The predicted molar refractivity (Wildman–Crippen MR) is 75.1 cm³/mol. The van der Waals surface area contributed by atoms with Crippen molar-refractivity contribution in [2.45, 2.75) is 26.4 Å². The van der Waals surface area contributed by atoms with Crippen molar-refractivity contribution in [2.24, 2.45) is 5.92 Å². The van der Waals surface area contributed by atoms with Gasteiger partial charge in [-0.1, -0.05) is 13.8 Å². The molecule has 2 aromatic heterocycles. The summed E-state index contributed by atoms with van der Waals surface area (Å²) in [7, 11) is 0. The van der Waals surface area contributed by atoms with Gasteiger partial charge in [0.15, 0.2) is 0 Å². The molecule has 19 heavy (non-hydrogen) atoms. The van der Waals surface area contributed by atoms with Gasteiger partial charge in [0.05, 0.1) is 17.6 Å². The summed E-state index contributed by atoms with van der Waals surface area (Å²) in [6.07, 6.45) is 3.14. The fourth-order valence-corrected chi connectivity index (χ4v) is 2.23. The highest BCUT2D eigenvalue weighted by Crippen LogP contribution is 2.14. The molecular formula is C12H17N5OS. The lowest BCUT2D eigenvalue weighted by Gasteiger charge is -2.22. The molecule has 7 heteroatoms. The van der Waals surface area contributed by atoms with E-state index in [0.717, 1.165) is 5.00 Å². The first-order valence-electron chi connectivity index (χ1n) is 6.08. The molecule has 0 bridgehead atoms. The van der Waals surface area contributed by atoms with Gasteiger partial charge in [-0.15, -0.1) is 11.3 Å². The van der Waals surface area contributed by atoms with E-state index in [1.165, 1.54) is 17.7 Å². The van der Waals surface area contributed by atoms with Gasteiger partial charge < -0.3 is 5.32 Å². The molecule has 0 fully saturated rings. The number of nitrogens with zero attached hydrogens (tertiary/aromatic N) is 3.